The molecule has 0 aromatic heterocycles. The summed E-state index contributed by atoms with van der Waals surface area (Å²) in [5.41, 5.74) is 2.40. The highest BCUT2D eigenvalue weighted by Crippen LogP contribution is 2.52. The first-order valence-corrected chi connectivity index (χ1v) is 14.5. The SMILES string of the molecule is COC(=O)/C=C/c1cc(OC)c2c(c1)[C@@H](CO)[C@H](c1ccc(O[Si](C)(C)C(C)(C)C)c(OC)c1)O2. The van der Waals surface area contributed by atoms with E-state index in [4.69, 9.17) is 18.6 Å². The van der Waals surface area contributed by atoms with Crippen molar-refractivity contribution in [1.82, 2.24) is 0 Å². The Morgan fingerprint density at radius 2 is 1.74 bits per heavy atom. The van der Waals surface area contributed by atoms with E-state index in [9.17, 15) is 9.90 Å². The zero-order chi connectivity index (χ0) is 26.0. The summed E-state index contributed by atoms with van der Waals surface area (Å²) in [6, 6.07) is 9.45. The molecule has 8 heteroatoms. The van der Waals surface area contributed by atoms with Crippen LogP contribution < -0.4 is 18.6 Å². The third-order valence-corrected chi connectivity index (χ3v) is 11.2. The van der Waals surface area contributed by atoms with Crippen molar-refractivity contribution in [2.24, 2.45) is 0 Å². The number of carbonyl (C=O) groups excluding carboxylic acids is 1. The molecule has 7 nitrogen and oxygen atoms in total. The van der Waals surface area contributed by atoms with Gasteiger partial charge in [-0.3, -0.25) is 0 Å². The number of hydrogen-bond acceptors (Lipinski definition) is 7. The zero-order valence-corrected chi connectivity index (χ0v) is 22.8. The molecular weight excluding hydrogens is 464 g/mol. The van der Waals surface area contributed by atoms with Crippen molar-refractivity contribution in [2.45, 2.75) is 50.9 Å². The van der Waals surface area contributed by atoms with Crippen LogP contribution in [0, 0.1) is 0 Å². The minimum atomic E-state index is -2.06. The maximum Gasteiger partial charge on any atom is 0.330 e. The van der Waals surface area contributed by atoms with Crippen LogP contribution in [-0.4, -0.2) is 47.3 Å². The van der Waals surface area contributed by atoms with Gasteiger partial charge in [0.25, 0.3) is 8.32 Å². The third kappa shape index (κ3) is 5.49. The number of aliphatic hydroxyl groups is 1. The predicted molar refractivity (Wildman–Crippen MR) is 138 cm³/mol. The van der Waals surface area contributed by atoms with E-state index in [1.54, 1.807) is 26.4 Å². The van der Waals surface area contributed by atoms with Crippen LogP contribution in [0.15, 0.2) is 36.4 Å². The highest BCUT2D eigenvalue weighted by atomic mass is 28.4. The number of ether oxygens (including phenoxy) is 4. The van der Waals surface area contributed by atoms with E-state index in [1.165, 1.54) is 13.2 Å². The molecule has 35 heavy (non-hydrogen) atoms. The monoisotopic (exact) mass is 500 g/mol. The van der Waals surface area contributed by atoms with Crippen molar-refractivity contribution in [3.63, 3.8) is 0 Å². The lowest BCUT2D eigenvalue weighted by Crippen LogP contribution is -2.43. The van der Waals surface area contributed by atoms with Gasteiger partial charge in [0.05, 0.1) is 33.9 Å². The summed E-state index contributed by atoms with van der Waals surface area (Å²) in [6.45, 7) is 10.8. The number of carbonyl (C=O) groups is 1. The average Bonchev–Trinajstić information content (AvgIpc) is 3.19. The molecule has 1 aliphatic rings. The second-order valence-electron chi connectivity index (χ2n) is 10.1. The van der Waals surface area contributed by atoms with Crippen LogP contribution in [0.5, 0.6) is 23.0 Å². The highest BCUT2D eigenvalue weighted by molar-refractivity contribution is 6.74. The van der Waals surface area contributed by atoms with Crippen LogP contribution in [0.25, 0.3) is 6.08 Å². The van der Waals surface area contributed by atoms with Crippen molar-refractivity contribution in [3.05, 3.63) is 53.1 Å². The van der Waals surface area contributed by atoms with Gasteiger partial charge in [0.15, 0.2) is 17.2 Å². The molecule has 0 saturated heterocycles. The molecule has 2 atom stereocenters. The first-order valence-electron chi connectivity index (χ1n) is 11.6. The molecule has 1 aliphatic heterocycles. The Hall–Kier alpha value is -2.97. The lowest BCUT2D eigenvalue weighted by Gasteiger charge is -2.36. The smallest absolute Gasteiger partial charge is 0.330 e. The Kier molecular flexibility index (Phi) is 7.86. The van der Waals surface area contributed by atoms with E-state index in [2.05, 4.69) is 38.6 Å². The molecule has 0 amide bonds. The molecule has 0 fully saturated rings. The van der Waals surface area contributed by atoms with Gasteiger partial charge in [-0.2, -0.15) is 0 Å². The summed E-state index contributed by atoms with van der Waals surface area (Å²) in [7, 11) is 2.45. The van der Waals surface area contributed by atoms with Gasteiger partial charge in [-0.15, -0.1) is 0 Å². The summed E-state index contributed by atoms with van der Waals surface area (Å²) < 4.78 is 28.7. The van der Waals surface area contributed by atoms with Crippen LogP contribution in [0.1, 0.15) is 49.5 Å². The molecule has 0 saturated carbocycles. The molecule has 2 aromatic carbocycles. The van der Waals surface area contributed by atoms with Crippen molar-refractivity contribution in [1.29, 1.82) is 0 Å². The van der Waals surface area contributed by atoms with E-state index in [0.717, 1.165) is 16.7 Å². The Morgan fingerprint density at radius 1 is 1.06 bits per heavy atom. The van der Waals surface area contributed by atoms with Crippen molar-refractivity contribution in [3.8, 4) is 23.0 Å². The Morgan fingerprint density at radius 3 is 2.31 bits per heavy atom. The lowest BCUT2D eigenvalue weighted by molar-refractivity contribution is -0.134. The number of aliphatic hydroxyl groups excluding tert-OH is 1. The molecular formula is C27H36O7Si. The van der Waals surface area contributed by atoms with E-state index in [1.807, 2.05) is 24.3 Å². The Bertz CT molecular complexity index is 1100. The van der Waals surface area contributed by atoms with Crippen molar-refractivity contribution in [2.75, 3.05) is 27.9 Å². The summed E-state index contributed by atoms with van der Waals surface area (Å²) in [5.74, 6) is 1.64. The quantitative estimate of drug-likeness (QED) is 0.292. The number of rotatable bonds is 8. The number of benzene rings is 2. The Balaban J connectivity index is 1.97. The highest BCUT2D eigenvalue weighted by Gasteiger charge is 2.41. The van der Waals surface area contributed by atoms with E-state index >= 15 is 0 Å². The largest absolute Gasteiger partial charge is 0.541 e. The van der Waals surface area contributed by atoms with Crippen LogP contribution >= 0.6 is 0 Å². The summed E-state index contributed by atoms with van der Waals surface area (Å²) >= 11 is 0. The van der Waals surface area contributed by atoms with E-state index < -0.39 is 20.4 Å². The first kappa shape index (κ1) is 26.6. The first-order chi connectivity index (χ1) is 16.4. The molecule has 190 valence electrons. The normalized spacial score (nSPS) is 17.6. The minimum Gasteiger partial charge on any atom is -0.541 e. The van der Waals surface area contributed by atoms with Crippen molar-refractivity contribution < 1.29 is 33.3 Å². The van der Waals surface area contributed by atoms with Crippen LogP contribution in [-0.2, 0) is 9.53 Å². The zero-order valence-electron chi connectivity index (χ0n) is 21.8. The standard InChI is InChI=1S/C27H36O7Si/c1-27(2,3)35(7,8)34-21-11-10-18(15-22(21)30-4)25-20(16-28)19-13-17(9-12-24(29)32-6)14-23(31-5)26(19)33-25/h9-15,20,25,28H,16H2,1-8H3/b12-9+/t20-,25+/m1/s1. The fourth-order valence-corrected chi connectivity index (χ4v) is 4.79. The molecule has 0 spiro atoms. The van der Waals surface area contributed by atoms with Gasteiger partial charge in [-0.25, -0.2) is 4.79 Å². The molecule has 0 bridgehead atoms. The van der Waals surface area contributed by atoms with Crippen LogP contribution in [0.2, 0.25) is 18.1 Å². The second kappa shape index (κ2) is 10.3. The summed E-state index contributed by atoms with van der Waals surface area (Å²) in [5, 5.41) is 10.4. The maximum atomic E-state index is 11.5. The molecule has 3 rings (SSSR count). The second-order valence-corrected chi connectivity index (χ2v) is 14.8. The van der Waals surface area contributed by atoms with Gasteiger partial charge in [-0.05, 0) is 59.6 Å². The Labute approximate surface area is 208 Å². The fourth-order valence-electron chi connectivity index (χ4n) is 3.77. The molecule has 0 radical (unpaired) electrons. The van der Waals surface area contributed by atoms with Gasteiger partial charge < -0.3 is 28.5 Å². The molecule has 0 aliphatic carbocycles. The number of hydrogen-bond donors (Lipinski definition) is 1. The molecule has 1 N–H and O–H groups in total. The topological polar surface area (TPSA) is 83.5 Å². The van der Waals surface area contributed by atoms with Gasteiger partial charge in [0.1, 0.15) is 11.9 Å². The van der Waals surface area contributed by atoms with E-state index in [0.29, 0.717) is 23.0 Å². The predicted octanol–water partition coefficient (Wildman–Crippen LogP) is 5.48. The van der Waals surface area contributed by atoms with Gasteiger partial charge >= 0.3 is 5.97 Å². The number of fused-ring (bicyclic) bond motifs is 1. The lowest BCUT2D eigenvalue weighted by atomic mass is 9.90. The average molecular weight is 501 g/mol. The fraction of sp³-hybridized carbons (Fsp3) is 0.444. The maximum absolute atomic E-state index is 11.5. The third-order valence-electron chi connectivity index (χ3n) is 6.83. The summed E-state index contributed by atoms with van der Waals surface area (Å²) in [6.07, 6.45) is 2.54. The number of methoxy groups -OCH3 is 3. The number of esters is 1. The van der Waals surface area contributed by atoms with Crippen molar-refractivity contribution >= 4 is 20.4 Å². The summed E-state index contributed by atoms with van der Waals surface area (Å²) in [4.78, 5) is 11.5. The van der Waals surface area contributed by atoms with Crippen LogP contribution in [0.4, 0.5) is 0 Å². The van der Waals surface area contributed by atoms with Gasteiger partial charge in [-0.1, -0.05) is 26.8 Å². The molecule has 1 heterocycles. The molecule has 0 unspecified atom stereocenters. The van der Waals surface area contributed by atoms with Gasteiger partial charge in [0.2, 0.25) is 0 Å². The van der Waals surface area contributed by atoms with Crippen LogP contribution in [0.3, 0.4) is 0 Å². The van der Waals surface area contributed by atoms with Gasteiger partial charge in [0, 0.05) is 11.6 Å². The minimum absolute atomic E-state index is 0.0471. The molecule has 2 aromatic rings. The van der Waals surface area contributed by atoms with E-state index in [-0.39, 0.29) is 17.6 Å².